The van der Waals surface area contributed by atoms with Crippen molar-refractivity contribution in [3.63, 3.8) is 0 Å². The van der Waals surface area contributed by atoms with Crippen molar-refractivity contribution in [1.29, 1.82) is 0 Å². The summed E-state index contributed by atoms with van der Waals surface area (Å²) in [5.41, 5.74) is 0. The van der Waals surface area contributed by atoms with Crippen LogP contribution in [0.3, 0.4) is 0 Å². The maximum Gasteiger partial charge on any atom is 0.244 e. The minimum Gasteiger partial charge on any atom is -0.350 e. The molecule has 0 bridgehead atoms. The van der Waals surface area contributed by atoms with Gasteiger partial charge in [0.25, 0.3) is 0 Å². The second-order valence-electron chi connectivity index (χ2n) is 6.73. The van der Waals surface area contributed by atoms with Gasteiger partial charge in [-0.1, -0.05) is 0 Å². The number of amides is 2. The van der Waals surface area contributed by atoms with Crippen LogP contribution in [0, 0.1) is 0 Å². The van der Waals surface area contributed by atoms with E-state index in [0.717, 1.165) is 0 Å². The normalized spacial score (nSPS) is 28.2. The molecule has 2 aliphatic heterocycles. The predicted molar refractivity (Wildman–Crippen MR) is 85.0 cm³/mol. The first-order valence-corrected chi connectivity index (χ1v) is 8.02. The van der Waals surface area contributed by atoms with E-state index in [-0.39, 0.29) is 24.0 Å². The third-order valence-electron chi connectivity index (χ3n) is 3.53. The van der Waals surface area contributed by atoms with Crippen molar-refractivity contribution in [2.75, 3.05) is 26.3 Å². The lowest BCUT2D eigenvalue weighted by Gasteiger charge is -2.17. The van der Waals surface area contributed by atoms with Crippen LogP contribution in [0.15, 0.2) is 12.2 Å². The highest BCUT2D eigenvalue weighted by Crippen LogP contribution is 2.22. The molecule has 0 spiro atoms. The Balaban J connectivity index is 1.61. The third-order valence-corrected chi connectivity index (χ3v) is 3.53. The zero-order chi connectivity index (χ0) is 17.8. The number of carbonyl (C=O) groups is 2. The average Bonchev–Trinajstić information content (AvgIpc) is 3.02. The van der Waals surface area contributed by atoms with Crippen molar-refractivity contribution in [1.82, 2.24) is 10.6 Å². The van der Waals surface area contributed by atoms with Gasteiger partial charge in [0, 0.05) is 25.2 Å². The molecule has 8 heteroatoms. The van der Waals surface area contributed by atoms with Gasteiger partial charge >= 0.3 is 0 Å². The van der Waals surface area contributed by atoms with Crippen LogP contribution in [0.1, 0.15) is 27.7 Å². The van der Waals surface area contributed by atoms with Gasteiger partial charge in [-0.15, -0.1) is 0 Å². The van der Waals surface area contributed by atoms with Crippen LogP contribution in [0.2, 0.25) is 0 Å². The largest absolute Gasteiger partial charge is 0.350 e. The first kappa shape index (κ1) is 18.9. The quantitative estimate of drug-likeness (QED) is 0.664. The minimum absolute atomic E-state index is 0.186. The highest BCUT2D eigenvalue weighted by molar-refractivity contribution is 5.96. The van der Waals surface area contributed by atoms with Crippen molar-refractivity contribution in [3.05, 3.63) is 12.2 Å². The number of nitrogens with one attached hydrogen (secondary N) is 2. The van der Waals surface area contributed by atoms with Crippen LogP contribution in [0.25, 0.3) is 0 Å². The van der Waals surface area contributed by atoms with Gasteiger partial charge in [-0.3, -0.25) is 9.59 Å². The van der Waals surface area contributed by atoms with E-state index in [4.69, 9.17) is 18.9 Å². The number of rotatable bonds is 6. The van der Waals surface area contributed by atoms with E-state index in [2.05, 4.69) is 10.6 Å². The average molecular weight is 342 g/mol. The Bertz CT molecular complexity index is 459. The Kier molecular flexibility index (Phi) is 5.97. The van der Waals surface area contributed by atoms with E-state index in [9.17, 15) is 9.59 Å². The molecule has 2 aliphatic rings. The summed E-state index contributed by atoms with van der Waals surface area (Å²) in [6, 6.07) is 0. The molecule has 2 saturated heterocycles. The van der Waals surface area contributed by atoms with Gasteiger partial charge in [-0.05, 0) is 27.7 Å². The summed E-state index contributed by atoms with van der Waals surface area (Å²) in [5.74, 6) is -1.96. The lowest BCUT2D eigenvalue weighted by Crippen LogP contribution is -2.35. The lowest BCUT2D eigenvalue weighted by atomic mass is 10.3. The molecule has 0 aromatic carbocycles. The molecule has 0 radical (unpaired) electrons. The fourth-order valence-electron chi connectivity index (χ4n) is 2.43. The van der Waals surface area contributed by atoms with Crippen LogP contribution in [0.5, 0.6) is 0 Å². The lowest BCUT2D eigenvalue weighted by molar-refractivity contribution is -0.139. The Hall–Kier alpha value is -1.48. The molecule has 0 unspecified atom stereocenters. The van der Waals surface area contributed by atoms with E-state index in [1.165, 1.54) is 12.2 Å². The Morgan fingerprint density at radius 2 is 1.25 bits per heavy atom. The van der Waals surface area contributed by atoms with Crippen molar-refractivity contribution in [2.45, 2.75) is 51.5 Å². The topological polar surface area (TPSA) is 95.1 Å². The van der Waals surface area contributed by atoms with E-state index in [0.29, 0.717) is 26.3 Å². The smallest absolute Gasteiger partial charge is 0.244 e. The molecule has 0 aliphatic carbocycles. The zero-order valence-electron chi connectivity index (χ0n) is 14.6. The van der Waals surface area contributed by atoms with Gasteiger partial charge in [0.05, 0.1) is 13.2 Å². The van der Waals surface area contributed by atoms with Crippen molar-refractivity contribution >= 4 is 11.8 Å². The first-order chi connectivity index (χ1) is 11.2. The summed E-state index contributed by atoms with van der Waals surface area (Å²) < 4.78 is 21.9. The molecule has 8 nitrogen and oxygen atoms in total. The standard InChI is InChI=1S/C16H26N2O6/c1-15(2)21-9-11(23-15)7-17-13(19)5-6-14(20)18-8-12-10-22-16(3,4)24-12/h5-6,11-12H,7-10H2,1-4H3,(H,17,19)(H,18,20)/b6-5-/t11-,12-/m0/s1. The van der Waals surface area contributed by atoms with Crippen molar-refractivity contribution in [2.24, 2.45) is 0 Å². The molecule has 2 fully saturated rings. The number of hydrogen-bond donors (Lipinski definition) is 2. The monoisotopic (exact) mass is 342 g/mol. The molecule has 2 atom stereocenters. The van der Waals surface area contributed by atoms with E-state index in [1.807, 2.05) is 27.7 Å². The molecule has 0 aromatic rings. The molecule has 0 saturated carbocycles. The predicted octanol–water partition coefficient (Wildman–Crippen LogP) is 0.0780. The van der Waals surface area contributed by atoms with Gasteiger partial charge < -0.3 is 29.6 Å². The number of carbonyl (C=O) groups excluding carboxylic acids is 2. The fraction of sp³-hybridized carbons (Fsp3) is 0.750. The summed E-state index contributed by atoms with van der Waals surface area (Å²) in [5, 5.41) is 5.34. The summed E-state index contributed by atoms with van der Waals surface area (Å²) in [6.45, 7) is 8.79. The maximum atomic E-state index is 11.7. The number of hydrogen-bond acceptors (Lipinski definition) is 6. The molecular weight excluding hydrogens is 316 g/mol. The summed E-state index contributed by atoms with van der Waals surface area (Å²) in [6.07, 6.45) is 2.00. The van der Waals surface area contributed by atoms with Gasteiger partial charge in [0.2, 0.25) is 11.8 Å². The van der Waals surface area contributed by atoms with Crippen LogP contribution in [-0.4, -0.2) is 61.9 Å². The Morgan fingerprint density at radius 3 is 1.54 bits per heavy atom. The summed E-state index contributed by atoms with van der Waals surface area (Å²) in [4.78, 5) is 23.4. The summed E-state index contributed by atoms with van der Waals surface area (Å²) in [7, 11) is 0. The van der Waals surface area contributed by atoms with Gasteiger partial charge in [0.1, 0.15) is 12.2 Å². The van der Waals surface area contributed by atoms with Gasteiger partial charge in [-0.25, -0.2) is 0 Å². The van der Waals surface area contributed by atoms with Crippen LogP contribution >= 0.6 is 0 Å². The van der Waals surface area contributed by atoms with E-state index < -0.39 is 11.6 Å². The zero-order valence-corrected chi connectivity index (χ0v) is 14.6. The SMILES string of the molecule is CC1(C)OC[C@H](CNC(=O)/C=C\C(=O)NC[C@H]2COC(C)(C)O2)O1. The Morgan fingerprint density at radius 1 is 0.875 bits per heavy atom. The summed E-state index contributed by atoms with van der Waals surface area (Å²) >= 11 is 0. The molecule has 2 amide bonds. The van der Waals surface area contributed by atoms with Crippen LogP contribution in [-0.2, 0) is 28.5 Å². The molecule has 2 heterocycles. The van der Waals surface area contributed by atoms with Crippen molar-refractivity contribution in [3.8, 4) is 0 Å². The molecule has 24 heavy (non-hydrogen) atoms. The van der Waals surface area contributed by atoms with Crippen LogP contribution < -0.4 is 10.6 Å². The molecule has 2 rings (SSSR count). The number of ether oxygens (including phenoxy) is 4. The van der Waals surface area contributed by atoms with Crippen molar-refractivity contribution < 1.29 is 28.5 Å². The molecule has 136 valence electrons. The van der Waals surface area contributed by atoms with E-state index >= 15 is 0 Å². The molecular formula is C16H26N2O6. The Labute approximate surface area is 141 Å². The maximum absolute atomic E-state index is 11.7. The second kappa shape index (κ2) is 7.60. The second-order valence-corrected chi connectivity index (χ2v) is 6.73. The van der Waals surface area contributed by atoms with Gasteiger partial charge in [-0.2, -0.15) is 0 Å². The highest BCUT2D eigenvalue weighted by Gasteiger charge is 2.33. The highest BCUT2D eigenvalue weighted by atomic mass is 16.7. The first-order valence-electron chi connectivity index (χ1n) is 8.02. The molecule has 2 N–H and O–H groups in total. The van der Waals surface area contributed by atoms with Crippen LogP contribution in [0.4, 0.5) is 0 Å². The minimum atomic E-state index is -0.619. The fourth-order valence-corrected chi connectivity index (χ4v) is 2.43. The van der Waals surface area contributed by atoms with E-state index in [1.54, 1.807) is 0 Å². The van der Waals surface area contributed by atoms with Gasteiger partial charge in [0.15, 0.2) is 11.6 Å². The third kappa shape index (κ3) is 6.20. The molecule has 0 aromatic heterocycles.